The molecule has 0 fully saturated rings. The number of thioether (sulfide) groups is 1. The van der Waals surface area contributed by atoms with E-state index in [0.29, 0.717) is 9.79 Å². The third kappa shape index (κ3) is 3.14. The summed E-state index contributed by atoms with van der Waals surface area (Å²) < 4.78 is 24.9. The number of sulfone groups is 1. The van der Waals surface area contributed by atoms with Gasteiger partial charge in [-0.25, -0.2) is 8.42 Å². The first-order chi connectivity index (χ1) is 10.2. The van der Waals surface area contributed by atoms with Crippen LogP contribution in [0.25, 0.3) is 0 Å². The van der Waals surface area contributed by atoms with Crippen molar-refractivity contribution in [1.29, 1.82) is 0 Å². The van der Waals surface area contributed by atoms with E-state index in [1.54, 1.807) is 48.2 Å². The molecule has 0 aromatic heterocycles. The van der Waals surface area contributed by atoms with E-state index >= 15 is 0 Å². The summed E-state index contributed by atoms with van der Waals surface area (Å²) >= 11 is 1.76. The first kappa shape index (κ1) is 14.2. The molecule has 0 unspecified atom stereocenters. The van der Waals surface area contributed by atoms with E-state index < -0.39 is 9.84 Å². The average Bonchev–Trinajstić information content (AvgIpc) is 3.02. The van der Waals surface area contributed by atoms with Crippen molar-refractivity contribution < 1.29 is 8.42 Å². The molecule has 1 aliphatic rings. The number of nitrogens with zero attached hydrogens (tertiary/aromatic N) is 1. The monoisotopic (exact) mass is 317 g/mol. The Labute approximate surface area is 129 Å². The number of benzene rings is 2. The van der Waals surface area contributed by atoms with Crippen LogP contribution in [-0.2, 0) is 16.4 Å². The Hall–Kier alpha value is -1.72. The highest BCUT2D eigenvalue weighted by atomic mass is 32.2. The first-order valence-corrected chi connectivity index (χ1v) is 9.11. The van der Waals surface area contributed by atoms with E-state index in [-0.39, 0.29) is 0 Å². The molecule has 0 saturated heterocycles. The molecule has 3 rings (SSSR count). The van der Waals surface area contributed by atoms with Gasteiger partial charge in [0.25, 0.3) is 0 Å². The highest BCUT2D eigenvalue weighted by Crippen LogP contribution is 2.22. The minimum atomic E-state index is -3.41. The van der Waals surface area contributed by atoms with E-state index in [2.05, 4.69) is 16.5 Å². The van der Waals surface area contributed by atoms with Crippen LogP contribution in [0, 0.1) is 0 Å². The molecule has 3 nitrogen and oxygen atoms in total. The minimum absolute atomic E-state index is 0.330. The third-order valence-corrected chi connectivity index (χ3v) is 5.86. The van der Waals surface area contributed by atoms with E-state index in [1.807, 2.05) is 18.2 Å². The van der Waals surface area contributed by atoms with Crippen molar-refractivity contribution in [1.82, 2.24) is 4.90 Å². The quantitative estimate of drug-likeness (QED) is 0.865. The van der Waals surface area contributed by atoms with Gasteiger partial charge in [-0.05, 0) is 35.2 Å². The smallest absolute Gasteiger partial charge is 0.206 e. The predicted molar refractivity (Wildman–Crippen MR) is 85.5 cm³/mol. The maximum atomic E-state index is 12.5. The maximum absolute atomic E-state index is 12.5. The zero-order chi connectivity index (χ0) is 14.7. The molecule has 2 aromatic rings. The van der Waals surface area contributed by atoms with Crippen molar-refractivity contribution in [3.05, 3.63) is 71.8 Å². The fourth-order valence-electron chi connectivity index (χ4n) is 2.15. The second-order valence-electron chi connectivity index (χ2n) is 4.79. The molecular formula is C16H15NO2S2. The molecule has 5 heteroatoms. The Bertz CT molecular complexity index is 738. The van der Waals surface area contributed by atoms with Gasteiger partial charge in [-0.2, -0.15) is 0 Å². The van der Waals surface area contributed by atoms with Gasteiger partial charge in [-0.3, -0.25) is 0 Å². The third-order valence-electron chi connectivity index (χ3n) is 3.28. The van der Waals surface area contributed by atoms with Crippen LogP contribution >= 0.6 is 11.8 Å². The van der Waals surface area contributed by atoms with Gasteiger partial charge in [0.15, 0.2) is 0 Å². The molecule has 1 heterocycles. The highest BCUT2D eigenvalue weighted by molar-refractivity contribution is 8.02. The molecule has 2 aromatic carbocycles. The van der Waals surface area contributed by atoms with Crippen LogP contribution in [0.1, 0.15) is 5.56 Å². The van der Waals surface area contributed by atoms with Gasteiger partial charge in [0.2, 0.25) is 9.84 Å². The molecule has 0 spiro atoms. The lowest BCUT2D eigenvalue weighted by Crippen LogP contribution is -2.12. The van der Waals surface area contributed by atoms with Crippen molar-refractivity contribution in [2.45, 2.75) is 16.3 Å². The van der Waals surface area contributed by atoms with E-state index in [1.165, 1.54) is 0 Å². The van der Waals surface area contributed by atoms with Crippen molar-refractivity contribution in [3.63, 3.8) is 0 Å². The Morgan fingerprint density at radius 1 is 0.952 bits per heavy atom. The SMILES string of the molecule is O=S(=O)(c1ccccc1)c1ccc(CN2C=CSC2)cc1. The molecule has 108 valence electrons. The maximum Gasteiger partial charge on any atom is 0.206 e. The van der Waals surface area contributed by atoms with Gasteiger partial charge in [-0.1, -0.05) is 30.3 Å². The molecule has 0 bridgehead atoms. The van der Waals surface area contributed by atoms with Crippen LogP contribution in [0.15, 0.2) is 76.0 Å². The average molecular weight is 317 g/mol. The van der Waals surface area contributed by atoms with Crippen LogP contribution in [0.5, 0.6) is 0 Å². The van der Waals surface area contributed by atoms with Gasteiger partial charge in [0, 0.05) is 12.7 Å². The zero-order valence-electron chi connectivity index (χ0n) is 11.3. The first-order valence-electron chi connectivity index (χ1n) is 6.58. The molecule has 0 aliphatic carbocycles. The summed E-state index contributed by atoms with van der Waals surface area (Å²) in [5.41, 5.74) is 1.11. The number of hydrogen-bond donors (Lipinski definition) is 0. The van der Waals surface area contributed by atoms with E-state index in [4.69, 9.17) is 0 Å². The zero-order valence-corrected chi connectivity index (χ0v) is 13.0. The van der Waals surface area contributed by atoms with E-state index in [0.717, 1.165) is 18.0 Å². The topological polar surface area (TPSA) is 37.4 Å². The van der Waals surface area contributed by atoms with Crippen LogP contribution < -0.4 is 0 Å². The highest BCUT2D eigenvalue weighted by Gasteiger charge is 2.17. The van der Waals surface area contributed by atoms with Crippen LogP contribution in [0.4, 0.5) is 0 Å². The summed E-state index contributed by atoms with van der Waals surface area (Å²) in [7, 11) is -3.41. The standard InChI is InChI=1S/C16H15NO2S2/c18-21(19,15-4-2-1-3-5-15)16-8-6-14(7-9-16)12-17-10-11-20-13-17/h1-11H,12-13H2. The molecule has 0 amide bonds. The van der Waals surface area contributed by atoms with Gasteiger partial charge in [0.05, 0.1) is 15.7 Å². The Kier molecular flexibility index (Phi) is 4.03. The molecular weight excluding hydrogens is 302 g/mol. The fraction of sp³-hybridized carbons (Fsp3) is 0.125. The molecule has 1 aliphatic heterocycles. The summed E-state index contributed by atoms with van der Waals surface area (Å²) in [6.45, 7) is 0.801. The van der Waals surface area contributed by atoms with Gasteiger partial charge in [0.1, 0.15) is 0 Å². The van der Waals surface area contributed by atoms with Crippen molar-refractivity contribution in [3.8, 4) is 0 Å². The Balaban J connectivity index is 1.82. The lowest BCUT2D eigenvalue weighted by atomic mass is 10.2. The fourth-order valence-corrected chi connectivity index (χ4v) is 4.15. The second-order valence-corrected chi connectivity index (χ2v) is 7.60. The van der Waals surface area contributed by atoms with Crippen LogP contribution in [-0.4, -0.2) is 19.2 Å². The number of hydrogen-bond acceptors (Lipinski definition) is 4. The van der Waals surface area contributed by atoms with Crippen LogP contribution in [0.3, 0.4) is 0 Å². The summed E-state index contributed by atoms with van der Waals surface area (Å²) in [6, 6.07) is 15.7. The van der Waals surface area contributed by atoms with Gasteiger partial charge >= 0.3 is 0 Å². The Morgan fingerprint density at radius 2 is 1.62 bits per heavy atom. The molecule has 0 radical (unpaired) electrons. The summed E-state index contributed by atoms with van der Waals surface area (Å²) in [5.74, 6) is 0.948. The second kappa shape index (κ2) is 5.95. The summed E-state index contributed by atoms with van der Waals surface area (Å²) in [5, 5.41) is 2.06. The van der Waals surface area contributed by atoms with Gasteiger partial charge in [-0.15, -0.1) is 11.8 Å². The lowest BCUT2D eigenvalue weighted by molar-refractivity contribution is 0.441. The van der Waals surface area contributed by atoms with Gasteiger partial charge < -0.3 is 4.90 Å². The van der Waals surface area contributed by atoms with Crippen molar-refractivity contribution in [2.24, 2.45) is 0 Å². The summed E-state index contributed by atoms with van der Waals surface area (Å²) in [6.07, 6.45) is 2.05. The number of rotatable bonds is 4. The van der Waals surface area contributed by atoms with E-state index in [9.17, 15) is 8.42 Å². The summed E-state index contributed by atoms with van der Waals surface area (Å²) in [4.78, 5) is 2.85. The predicted octanol–water partition coefficient (Wildman–Crippen LogP) is 3.50. The Morgan fingerprint density at radius 3 is 2.24 bits per heavy atom. The normalized spacial score (nSPS) is 14.6. The van der Waals surface area contributed by atoms with Crippen LogP contribution in [0.2, 0.25) is 0 Å². The van der Waals surface area contributed by atoms with Crippen molar-refractivity contribution >= 4 is 21.6 Å². The minimum Gasteiger partial charge on any atom is -0.363 e. The molecule has 0 N–H and O–H groups in total. The molecule has 0 saturated carbocycles. The van der Waals surface area contributed by atoms with Crippen molar-refractivity contribution in [2.75, 3.05) is 5.88 Å². The molecule has 0 atom stereocenters. The largest absolute Gasteiger partial charge is 0.363 e. The molecule has 21 heavy (non-hydrogen) atoms. The lowest BCUT2D eigenvalue weighted by Gasteiger charge is -2.14.